The number of rotatable bonds is 3. The summed E-state index contributed by atoms with van der Waals surface area (Å²) in [7, 11) is -4.09. The molecule has 0 radical (unpaired) electrons. The van der Waals surface area contributed by atoms with Crippen molar-refractivity contribution in [2.24, 2.45) is 0 Å². The molecule has 0 N–H and O–H groups in total. The number of pyridine rings is 1. The van der Waals surface area contributed by atoms with Crippen molar-refractivity contribution in [3.05, 3.63) is 51.6 Å². The van der Waals surface area contributed by atoms with Crippen LogP contribution >= 0.6 is 34.8 Å². The summed E-state index contributed by atoms with van der Waals surface area (Å²) in [5.41, 5.74) is 0. The van der Waals surface area contributed by atoms with Gasteiger partial charge in [-0.05, 0) is 24.3 Å². The lowest BCUT2D eigenvalue weighted by Crippen LogP contribution is -2.11. The average Bonchev–Trinajstić information content (AvgIpc) is 2.35. The normalized spacial score (nSPS) is 11.3. The lowest BCUT2D eigenvalue weighted by molar-refractivity contribution is 0.482. The zero-order valence-electron chi connectivity index (χ0n) is 9.18. The second kappa shape index (κ2) is 5.54. The minimum absolute atomic E-state index is 0.00277. The van der Waals surface area contributed by atoms with Gasteiger partial charge in [-0.15, -0.1) is 0 Å². The van der Waals surface area contributed by atoms with E-state index < -0.39 is 10.1 Å². The lowest BCUT2D eigenvalue weighted by atomic mass is 10.3. The van der Waals surface area contributed by atoms with E-state index in [4.69, 9.17) is 39.0 Å². The summed E-state index contributed by atoms with van der Waals surface area (Å²) in [5, 5.41) is 0.0312. The van der Waals surface area contributed by atoms with Gasteiger partial charge >= 0.3 is 10.1 Å². The Morgan fingerprint density at radius 2 is 1.68 bits per heavy atom. The van der Waals surface area contributed by atoms with E-state index in [9.17, 15) is 8.42 Å². The molecule has 0 aliphatic heterocycles. The molecule has 8 heteroatoms. The maximum absolute atomic E-state index is 12.0. The van der Waals surface area contributed by atoms with E-state index in [1.54, 1.807) is 6.07 Å². The minimum atomic E-state index is -4.09. The third-order valence-corrected chi connectivity index (χ3v) is 3.97. The van der Waals surface area contributed by atoms with Crippen LogP contribution < -0.4 is 4.18 Å². The summed E-state index contributed by atoms with van der Waals surface area (Å²) in [5.74, 6) is -0.182. The molecule has 0 unspecified atom stereocenters. The zero-order valence-corrected chi connectivity index (χ0v) is 12.3. The Hall–Kier alpha value is -1.01. The molecule has 0 amide bonds. The van der Waals surface area contributed by atoms with Gasteiger partial charge in [-0.2, -0.15) is 8.42 Å². The van der Waals surface area contributed by atoms with E-state index in [1.165, 1.54) is 30.5 Å². The number of nitrogens with zero attached hydrogens (tertiary/aromatic N) is 1. The average molecular weight is 339 g/mol. The van der Waals surface area contributed by atoms with Gasteiger partial charge in [0.05, 0.1) is 10.0 Å². The Balaban J connectivity index is 2.42. The van der Waals surface area contributed by atoms with Gasteiger partial charge in [0.15, 0.2) is 10.8 Å². The number of aromatic nitrogens is 1. The van der Waals surface area contributed by atoms with Gasteiger partial charge in [0, 0.05) is 11.2 Å². The third-order valence-electron chi connectivity index (χ3n) is 2.05. The van der Waals surface area contributed by atoms with E-state index in [0.717, 1.165) is 0 Å². The topological polar surface area (TPSA) is 56.3 Å². The highest BCUT2D eigenvalue weighted by Gasteiger charge is 2.21. The van der Waals surface area contributed by atoms with Crippen molar-refractivity contribution in [1.29, 1.82) is 0 Å². The van der Waals surface area contributed by atoms with E-state index in [0.29, 0.717) is 0 Å². The predicted molar refractivity (Wildman–Crippen MR) is 73.5 cm³/mol. The fourth-order valence-corrected chi connectivity index (χ4v) is 3.16. The van der Waals surface area contributed by atoms with Crippen LogP contribution in [0.25, 0.3) is 0 Å². The van der Waals surface area contributed by atoms with Gasteiger partial charge in [-0.1, -0.05) is 40.9 Å². The molecule has 2 aromatic rings. The molecular formula is C11H6Cl3NO3S. The molecule has 0 bridgehead atoms. The van der Waals surface area contributed by atoms with Crippen molar-refractivity contribution in [1.82, 2.24) is 4.98 Å². The first-order valence-corrected chi connectivity index (χ1v) is 7.44. The Bertz CT molecular complexity index is 681. The second-order valence-electron chi connectivity index (χ2n) is 3.40. The Morgan fingerprint density at radius 1 is 1.05 bits per heavy atom. The van der Waals surface area contributed by atoms with Crippen molar-refractivity contribution >= 4 is 44.9 Å². The van der Waals surface area contributed by atoms with E-state index >= 15 is 0 Å². The van der Waals surface area contributed by atoms with Gasteiger partial charge in [-0.3, -0.25) is 0 Å². The number of hydrogen-bond donors (Lipinski definition) is 0. The van der Waals surface area contributed by atoms with Gasteiger partial charge < -0.3 is 4.18 Å². The van der Waals surface area contributed by atoms with Gasteiger partial charge in [-0.25, -0.2) is 4.98 Å². The molecule has 0 fully saturated rings. The molecule has 0 aliphatic rings. The maximum Gasteiger partial charge on any atom is 0.356 e. The third kappa shape index (κ3) is 3.30. The second-order valence-corrected chi connectivity index (χ2v) is 6.15. The summed E-state index contributed by atoms with van der Waals surface area (Å²) < 4.78 is 28.8. The number of hydrogen-bond acceptors (Lipinski definition) is 4. The van der Waals surface area contributed by atoms with Crippen LogP contribution in [0.4, 0.5) is 0 Å². The smallest absolute Gasteiger partial charge is 0.356 e. The standard InChI is InChI=1S/C11H6Cl3NO3S/c12-7-5-8(13)11(9(14)6-7)18-19(16,17)10-3-1-2-4-15-10/h1-6H. The molecule has 0 atom stereocenters. The number of benzene rings is 1. The van der Waals surface area contributed by atoms with E-state index in [-0.39, 0.29) is 25.8 Å². The minimum Gasteiger partial charge on any atom is -0.375 e. The van der Waals surface area contributed by atoms with Crippen LogP contribution in [0.1, 0.15) is 0 Å². The fourth-order valence-electron chi connectivity index (χ4n) is 1.26. The van der Waals surface area contributed by atoms with Crippen molar-refractivity contribution in [3.63, 3.8) is 0 Å². The van der Waals surface area contributed by atoms with E-state index in [1.807, 2.05) is 0 Å². The predicted octanol–water partition coefficient (Wildman–Crippen LogP) is 3.81. The lowest BCUT2D eigenvalue weighted by Gasteiger charge is -2.09. The molecule has 0 aliphatic carbocycles. The summed E-state index contributed by atoms with van der Waals surface area (Å²) in [6.45, 7) is 0. The first-order chi connectivity index (χ1) is 8.90. The zero-order chi connectivity index (χ0) is 14.0. The monoisotopic (exact) mass is 337 g/mol. The van der Waals surface area contributed by atoms with Gasteiger partial charge in [0.1, 0.15) is 0 Å². The Labute approximate surface area is 125 Å². The molecule has 0 saturated carbocycles. The van der Waals surface area contributed by atoms with Crippen molar-refractivity contribution < 1.29 is 12.6 Å². The maximum atomic E-state index is 12.0. The molecule has 0 spiro atoms. The molecule has 19 heavy (non-hydrogen) atoms. The highest BCUT2D eigenvalue weighted by molar-refractivity contribution is 7.87. The molecule has 1 aromatic heterocycles. The van der Waals surface area contributed by atoms with Crippen LogP contribution in [-0.2, 0) is 10.1 Å². The first kappa shape index (κ1) is 14.4. The molecule has 0 saturated heterocycles. The summed E-state index contributed by atoms with van der Waals surface area (Å²) in [6, 6.07) is 7.07. The van der Waals surface area contributed by atoms with Crippen LogP contribution in [0.2, 0.25) is 15.1 Å². The quantitative estimate of drug-likeness (QED) is 0.799. The molecule has 100 valence electrons. The largest absolute Gasteiger partial charge is 0.375 e. The molecular weight excluding hydrogens is 333 g/mol. The first-order valence-electron chi connectivity index (χ1n) is 4.90. The molecule has 1 heterocycles. The van der Waals surface area contributed by atoms with Crippen molar-refractivity contribution in [2.75, 3.05) is 0 Å². The van der Waals surface area contributed by atoms with E-state index in [2.05, 4.69) is 4.98 Å². The Morgan fingerprint density at radius 3 is 2.21 bits per heavy atom. The van der Waals surface area contributed by atoms with Crippen LogP contribution in [0.15, 0.2) is 41.6 Å². The molecule has 2 rings (SSSR count). The van der Waals surface area contributed by atoms with Crippen LogP contribution in [-0.4, -0.2) is 13.4 Å². The summed E-state index contributed by atoms with van der Waals surface area (Å²) in [6.07, 6.45) is 1.33. The van der Waals surface area contributed by atoms with Gasteiger partial charge in [0.2, 0.25) is 0 Å². The highest BCUT2D eigenvalue weighted by atomic mass is 35.5. The van der Waals surface area contributed by atoms with Gasteiger partial charge in [0.25, 0.3) is 0 Å². The molecule has 1 aromatic carbocycles. The SMILES string of the molecule is O=S(=O)(Oc1c(Cl)cc(Cl)cc1Cl)c1ccccn1. The Kier molecular flexibility index (Phi) is 4.20. The summed E-state index contributed by atoms with van der Waals surface area (Å²) >= 11 is 17.4. The van der Waals surface area contributed by atoms with Crippen molar-refractivity contribution in [2.45, 2.75) is 5.03 Å². The fraction of sp³-hybridized carbons (Fsp3) is 0. The van der Waals surface area contributed by atoms with Crippen molar-refractivity contribution in [3.8, 4) is 5.75 Å². The highest BCUT2D eigenvalue weighted by Crippen LogP contribution is 2.37. The van der Waals surface area contributed by atoms with Crippen LogP contribution in [0, 0.1) is 0 Å². The summed E-state index contributed by atoms with van der Waals surface area (Å²) in [4.78, 5) is 3.70. The number of halogens is 3. The van der Waals surface area contributed by atoms with Crippen LogP contribution in [0.3, 0.4) is 0 Å². The van der Waals surface area contributed by atoms with Crippen LogP contribution in [0.5, 0.6) is 5.75 Å². The molecule has 4 nitrogen and oxygen atoms in total.